The van der Waals surface area contributed by atoms with Gasteiger partial charge < -0.3 is 14.3 Å². The normalized spacial score (nSPS) is 17.5. The second-order valence-corrected chi connectivity index (χ2v) is 17.8. The summed E-state index contributed by atoms with van der Waals surface area (Å²) in [7, 11) is -1.97. The lowest BCUT2D eigenvalue weighted by molar-refractivity contribution is -0.0656. The summed E-state index contributed by atoms with van der Waals surface area (Å²) in [5, 5.41) is 11.1. The molecule has 6 heteroatoms. The maximum Gasteiger partial charge on any atom is 0.193 e. The number of hydrogen-bond acceptors (Lipinski definition) is 5. The number of benzene rings is 2. The van der Waals surface area contributed by atoms with Gasteiger partial charge in [-0.1, -0.05) is 75.0 Å². The molecule has 1 atom stereocenters. The van der Waals surface area contributed by atoms with Gasteiger partial charge in [0.05, 0.1) is 10.3 Å². The summed E-state index contributed by atoms with van der Waals surface area (Å²) in [4.78, 5) is 2.23. The summed E-state index contributed by atoms with van der Waals surface area (Å²) in [5.74, 6) is 0. The van der Waals surface area contributed by atoms with Crippen molar-refractivity contribution >= 4 is 31.4 Å². The summed E-state index contributed by atoms with van der Waals surface area (Å²) in [6, 6.07) is 23.5. The van der Waals surface area contributed by atoms with Crippen LogP contribution in [0.25, 0.3) is 0 Å². The highest BCUT2D eigenvalue weighted by atomic mass is 32.2. The zero-order valence-electron chi connectivity index (χ0n) is 20.8. The zero-order chi connectivity index (χ0) is 24.4. The molecule has 0 bridgehead atoms. The smallest absolute Gasteiger partial charge is 0.193 e. The van der Waals surface area contributed by atoms with Gasteiger partial charge in [-0.05, 0) is 53.5 Å². The second-order valence-electron chi connectivity index (χ2n) is 10.6. The Hall–Kier alpha value is -1.41. The molecule has 0 spiro atoms. The van der Waals surface area contributed by atoms with Crippen LogP contribution in [0.3, 0.4) is 0 Å². The van der Waals surface area contributed by atoms with Crippen molar-refractivity contribution in [1.29, 1.82) is 0 Å². The van der Waals surface area contributed by atoms with Crippen molar-refractivity contribution in [1.82, 2.24) is 0 Å². The highest BCUT2D eigenvalue weighted by molar-refractivity contribution is 8.01. The lowest BCUT2D eigenvalue weighted by Crippen LogP contribution is -2.42. The molecule has 0 saturated carbocycles. The van der Waals surface area contributed by atoms with Crippen LogP contribution < -0.4 is 0 Å². The minimum Gasteiger partial charge on any atom is -0.406 e. The molecule has 1 aliphatic heterocycles. The van der Waals surface area contributed by atoms with Gasteiger partial charge in [-0.2, -0.15) is 0 Å². The molecule has 1 aliphatic rings. The topological polar surface area (TPSA) is 38.7 Å². The van der Waals surface area contributed by atoms with Crippen molar-refractivity contribution in [2.45, 2.75) is 72.6 Å². The van der Waals surface area contributed by atoms with Crippen molar-refractivity contribution in [3.63, 3.8) is 0 Å². The van der Waals surface area contributed by atoms with Gasteiger partial charge in [0.1, 0.15) is 5.60 Å². The molecule has 0 aliphatic carbocycles. The molecule has 3 aromatic rings. The zero-order valence-corrected chi connectivity index (χ0v) is 23.5. The summed E-state index contributed by atoms with van der Waals surface area (Å²) >= 11 is 3.44. The lowest BCUT2D eigenvalue weighted by atomic mass is 9.93. The Morgan fingerprint density at radius 2 is 1.56 bits per heavy atom. The van der Waals surface area contributed by atoms with Crippen LogP contribution in [0.1, 0.15) is 55.7 Å². The quantitative estimate of drug-likeness (QED) is 0.325. The largest absolute Gasteiger partial charge is 0.406 e. The lowest BCUT2D eigenvalue weighted by Gasteiger charge is -2.39. The summed E-state index contributed by atoms with van der Waals surface area (Å²) in [6.45, 7) is 12.7. The summed E-state index contributed by atoms with van der Waals surface area (Å²) in [6.07, 6.45) is 1.26. The van der Waals surface area contributed by atoms with Crippen LogP contribution in [0, 0.1) is 0 Å². The van der Waals surface area contributed by atoms with Crippen molar-refractivity contribution in [2.24, 2.45) is 0 Å². The number of hydrogen-bond donors (Lipinski definition) is 1. The maximum absolute atomic E-state index is 11.0. The van der Waals surface area contributed by atoms with Crippen molar-refractivity contribution in [2.75, 3.05) is 13.2 Å². The molecule has 1 unspecified atom stereocenters. The fourth-order valence-corrected chi connectivity index (χ4v) is 7.30. The van der Waals surface area contributed by atoms with E-state index in [1.54, 1.807) is 23.1 Å². The van der Waals surface area contributed by atoms with Crippen molar-refractivity contribution in [3.05, 3.63) is 82.7 Å². The average molecular weight is 513 g/mol. The molecule has 1 N–H and O–H groups in total. The minimum atomic E-state index is -1.97. The molecule has 0 amide bonds. The Bertz CT molecular complexity index is 1070. The van der Waals surface area contributed by atoms with Gasteiger partial charge >= 0.3 is 0 Å². The highest BCUT2D eigenvalue weighted by Crippen LogP contribution is 2.43. The molecule has 4 rings (SSSR count). The number of aliphatic hydroxyl groups is 1. The molecule has 3 nitrogen and oxygen atoms in total. The number of thiophene rings is 1. The Morgan fingerprint density at radius 1 is 0.941 bits per heavy atom. The number of ether oxygens (including phenoxy) is 1. The van der Waals surface area contributed by atoms with E-state index in [0.717, 1.165) is 4.88 Å². The van der Waals surface area contributed by atoms with Crippen LogP contribution in [0.15, 0.2) is 75.8 Å². The number of rotatable bonds is 7. The van der Waals surface area contributed by atoms with Gasteiger partial charge in [-0.15, -0.1) is 11.3 Å². The molecule has 0 radical (unpaired) electrons. The Balaban J connectivity index is 1.53. The van der Waals surface area contributed by atoms with Crippen LogP contribution in [0.5, 0.6) is 0 Å². The molecule has 34 heavy (non-hydrogen) atoms. The van der Waals surface area contributed by atoms with Crippen molar-refractivity contribution < 1.29 is 14.3 Å². The van der Waals surface area contributed by atoms with Crippen molar-refractivity contribution in [3.8, 4) is 0 Å². The van der Waals surface area contributed by atoms with E-state index in [0.29, 0.717) is 26.1 Å². The molecule has 2 aromatic carbocycles. The van der Waals surface area contributed by atoms with E-state index in [1.165, 1.54) is 20.2 Å². The van der Waals surface area contributed by atoms with Crippen LogP contribution >= 0.6 is 23.1 Å². The van der Waals surface area contributed by atoms with Gasteiger partial charge in [0.25, 0.3) is 0 Å². The van der Waals surface area contributed by atoms with E-state index in [2.05, 4.69) is 101 Å². The monoisotopic (exact) mass is 512 g/mol. The molecular weight excluding hydrogens is 477 g/mol. The molecule has 1 fully saturated rings. The van der Waals surface area contributed by atoms with E-state index < -0.39 is 13.9 Å². The molecule has 1 aromatic heterocycles. The predicted octanol–water partition coefficient (Wildman–Crippen LogP) is 8.01. The van der Waals surface area contributed by atoms with E-state index >= 15 is 0 Å². The van der Waals surface area contributed by atoms with Gasteiger partial charge in [0, 0.05) is 35.8 Å². The minimum absolute atomic E-state index is 0.0720. The SMILES string of the molecule is CC(C)(C)[Si](C)(C)OC(c1ccccc1)c1ccc(Sc2ccc(C3(O)CCOCC3)s2)cc1. The van der Waals surface area contributed by atoms with E-state index in [-0.39, 0.29) is 11.1 Å². The molecular formula is C28H36O3S2Si. The standard InChI is InChI=1S/C28H36O3S2Si/c1-27(2,3)34(4,5)31-26(21-9-7-6-8-10-21)22-11-13-23(14-12-22)32-25-16-15-24(33-25)28(29)17-19-30-20-18-28/h6-16,26,29H,17-20H2,1-5H3. The first-order chi connectivity index (χ1) is 16.1. The summed E-state index contributed by atoms with van der Waals surface area (Å²) in [5.41, 5.74) is 1.64. The molecule has 1 saturated heterocycles. The third kappa shape index (κ3) is 5.86. The molecule has 2 heterocycles. The first-order valence-electron chi connectivity index (χ1n) is 12.0. The van der Waals surface area contributed by atoms with Crippen LogP contribution in [0.2, 0.25) is 18.1 Å². The first kappa shape index (κ1) is 25.7. The predicted molar refractivity (Wildman–Crippen MR) is 145 cm³/mol. The maximum atomic E-state index is 11.0. The third-order valence-electron chi connectivity index (χ3n) is 7.08. The summed E-state index contributed by atoms with van der Waals surface area (Å²) < 4.78 is 13.5. The Labute approximate surface area is 213 Å². The first-order valence-corrected chi connectivity index (χ1v) is 16.5. The van der Waals surface area contributed by atoms with Crippen LogP contribution in [0.4, 0.5) is 0 Å². The second kappa shape index (κ2) is 10.3. The van der Waals surface area contributed by atoms with E-state index in [1.807, 2.05) is 0 Å². The van der Waals surface area contributed by atoms with Crippen LogP contribution in [-0.4, -0.2) is 26.6 Å². The van der Waals surface area contributed by atoms with E-state index in [4.69, 9.17) is 9.16 Å². The highest BCUT2D eigenvalue weighted by Gasteiger charge is 2.40. The Morgan fingerprint density at radius 3 is 2.18 bits per heavy atom. The van der Waals surface area contributed by atoms with Gasteiger partial charge in [0.2, 0.25) is 0 Å². The van der Waals surface area contributed by atoms with E-state index in [9.17, 15) is 5.11 Å². The van der Waals surface area contributed by atoms with Gasteiger partial charge in [0.15, 0.2) is 8.32 Å². The molecule has 182 valence electrons. The average Bonchev–Trinajstić information content (AvgIpc) is 3.28. The Kier molecular flexibility index (Phi) is 7.77. The van der Waals surface area contributed by atoms with Crippen LogP contribution in [-0.2, 0) is 14.8 Å². The van der Waals surface area contributed by atoms with Gasteiger partial charge in [-0.3, -0.25) is 0 Å². The third-order valence-corrected chi connectivity index (χ3v) is 13.9. The fraction of sp³-hybridized carbons (Fsp3) is 0.429. The fourth-order valence-electron chi connectivity index (χ4n) is 3.84. The van der Waals surface area contributed by atoms with Gasteiger partial charge in [-0.25, -0.2) is 0 Å².